The normalized spacial score (nSPS) is 15.2. The van der Waals surface area contributed by atoms with Gasteiger partial charge in [-0.1, -0.05) is 29.8 Å². The predicted octanol–water partition coefficient (Wildman–Crippen LogP) is 4.77. The second-order valence-corrected chi connectivity index (χ2v) is 8.49. The Morgan fingerprint density at radius 3 is 2.17 bits per heavy atom. The molecule has 1 aliphatic heterocycles. The molecule has 186 valence electrons. The summed E-state index contributed by atoms with van der Waals surface area (Å²) in [5, 5.41) is 2.82. The number of hydrogen-bond acceptors (Lipinski definition) is 5. The van der Waals surface area contributed by atoms with Crippen molar-refractivity contribution in [1.82, 2.24) is 4.90 Å². The first-order valence-corrected chi connectivity index (χ1v) is 11.8. The highest BCUT2D eigenvalue weighted by molar-refractivity contribution is 6.22. The van der Waals surface area contributed by atoms with Crippen LogP contribution in [-0.2, 0) is 16.1 Å². The van der Waals surface area contributed by atoms with Gasteiger partial charge in [0.1, 0.15) is 17.5 Å². The maximum absolute atomic E-state index is 13.5. The van der Waals surface area contributed by atoms with Crippen molar-refractivity contribution >= 4 is 29.2 Å². The summed E-state index contributed by atoms with van der Waals surface area (Å²) >= 11 is 0. The molecule has 3 aromatic rings. The number of methoxy groups -OCH3 is 1. The van der Waals surface area contributed by atoms with Crippen molar-refractivity contribution in [2.45, 2.75) is 32.9 Å². The summed E-state index contributed by atoms with van der Waals surface area (Å²) in [5.41, 5.74) is 2.89. The van der Waals surface area contributed by atoms with Gasteiger partial charge in [0.25, 0.3) is 5.91 Å². The van der Waals surface area contributed by atoms with Crippen LogP contribution in [0.2, 0.25) is 0 Å². The van der Waals surface area contributed by atoms with Gasteiger partial charge in [-0.2, -0.15) is 0 Å². The van der Waals surface area contributed by atoms with Gasteiger partial charge in [-0.05, 0) is 67.9 Å². The van der Waals surface area contributed by atoms with E-state index in [2.05, 4.69) is 5.32 Å². The highest BCUT2D eigenvalue weighted by atomic mass is 16.5. The highest BCUT2D eigenvalue weighted by Crippen LogP contribution is 2.29. The Hall–Kier alpha value is -4.33. The molecule has 1 heterocycles. The Morgan fingerprint density at radius 2 is 1.56 bits per heavy atom. The number of anilines is 2. The average molecular weight is 488 g/mol. The summed E-state index contributed by atoms with van der Waals surface area (Å²) in [6.45, 7) is 4.55. The molecule has 0 unspecified atom stereocenters. The topological polar surface area (TPSA) is 88.2 Å². The Kier molecular flexibility index (Phi) is 7.53. The molecule has 0 saturated carbocycles. The van der Waals surface area contributed by atoms with Crippen LogP contribution in [0.25, 0.3) is 0 Å². The number of rotatable bonds is 9. The fourth-order valence-corrected chi connectivity index (χ4v) is 4.06. The number of nitrogens with zero attached hydrogens (tertiary/aromatic N) is 2. The highest BCUT2D eigenvalue weighted by Gasteiger charge is 2.46. The van der Waals surface area contributed by atoms with E-state index in [0.29, 0.717) is 29.5 Å². The molecule has 0 spiro atoms. The van der Waals surface area contributed by atoms with Gasteiger partial charge in [0.05, 0.1) is 25.8 Å². The molecule has 8 heteroatoms. The third kappa shape index (κ3) is 5.49. The molecule has 1 atom stereocenters. The van der Waals surface area contributed by atoms with E-state index in [0.717, 1.165) is 16.0 Å². The smallest absolute Gasteiger partial charge is 0.332 e. The first-order valence-electron chi connectivity index (χ1n) is 11.8. The van der Waals surface area contributed by atoms with Crippen molar-refractivity contribution in [1.29, 1.82) is 0 Å². The van der Waals surface area contributed by atoms with E-state index in [4.69, 9.17) is 9.47 Å². The number of carbonyl (C=O) groups is 3. The first-order chi connectivity index (χ1) is 17.4. The van der Waals surface area contributed by atoms with Gasteiger partial charge in [0, 0.05) is 12.2 Å². The standard InChI is InChI=1S/C28H29N3O5/c1-4-36-24-15-9-21(10-16-24)29-26(32)17-25-27(33)31(22-11-5-19(2)6-12-22)28(34)30(25)18-20-7-13-23(35-3)14-8-20/h5-16,25H,4,17-18H2,1-3H3,(H,29,32)/t25-/m1/s1. The Balaban J connectivity index is 1.56. The van der Waals surface area contributed by atoms with E-state index in [1.165, 1.54) is 4.90 Å². The number of amides is 4. The molecule has 0 aromatic heterocycles. The summed E-state index contributed by atoms with van der Waals surface area (Å²) in [4.78, 5) is 42.4. The number of carbonyl (C=O) groups excluding carboxylic acids is 3. The van der Waals surface area contributed by atoms with E-state index in [1.54, 1.807) is 55.6 Å². The monoisotopic (exact) mass is 487 g/mol. The lowest BCUT2D eigenvalue weighted by Gasteiger charge is -2.22. The van der Waals surface area contributed by atoms with Gasteiger partial charge in [-0.25, -0.2) is 9.69 Å². The van der Waals surface area contributed by atoms with E-state index in [-0.39, 0.29) is 18.9 Å². The van der Waals surface area contributed by atoms with Crippen LogP contribution in [0.4, 0.5) is 16.2 Å². The molecule has 0 radical (unpaired) electrons. The Morgan fingerprint density at radius 1 is 0.917 bits per heavy atom. The van der Waals surface area contributed by atoms with Crippen molar-refractivity contribution in [2.24, 2.45) is 0 Å². The van der Waals surface area contributed by atoms with E-state index < -0.39 is 18.0 Å². The molecular weight excluding hydrogens is 458 g/mol. The zero-order valence-electron chi connectivity index (χ0n) is 20.6. The van der Waals surface area contributed by atoms with Crippen LogP contribution < -0.4 is 19.7 Å². The number of benzene rings is 3. The van der Waals surface area contributed by atoms with Gasteiger partial charge in [0.2, 0.25) is 5.91 Å². The average Bonchev–Trinajstić information content (AvgIpc) is 3.10. The number of nitrogens with one attached hydrogen (secondary N) is 1. The van der Waals surface area contributed by atoms with Crippen molar-refractivity contribution < 1.29 is 23.9 Å². The van der Waals surface area contributed by atoms with Crippen LogP contribution in [0.1, 0.15) is 24.5 Å². The molecular formula is C28H29N3O5. The van der Waals surface area contributed by atoms with Gasteiger partial charge < -0.3 is 19.7 Å². The fraction of sp³-hybridized carbons (Fsp3) is 0.250. The summed E-state index contributed by atoms with van der Waals surface area (Å²) in [6, 6.07) is 20.0. The molecule has 0 bridgehead atoms. The molecule has 1 aliphatic rings. The lowest BCUT2D eigenvalue weighted by Crippen LogP contribution is -2.37. The molecule has 3 aromatic carbocycles. The summed E-state index contributed by atoms with van der Waals surface area (Å²) in [5.74, 6) is 0.594. The molecule has 36 heavy (non-hydrogen) atoms. The van der Waals surface area contributed by atoms with Crippen molar-refractivity contribution in [2.75, 3.05) is 23.9 Å². The maximum Gasteiger partial charge on any atom is 0.332 e. The minimum absolute atomic E-state index is 0.170. The number of urea groups is 1. The summed E-state index contributed by atoms with van der Waals surface area (Å²) in [6.07, 6.45) is -0.170. The first kappa shape index (κ1) is 24.8. The van der Waals surface area contributed by atoms with Crippen molar-refractivity contribution in [3.8, 4) is 11.5 Å². The minimum atomic E-state index is -0.941. The molecule has 4 amide bonds. The third-order valence-electron chi connectivity index (χ3n) is 5.95. The SMILES string of the molecule is CCOc1ccc(NC(=O)C[C@@H]2C(=O)N(c3ccc(C)cc3)C(=O)N2Cc2ccc(OC)cc2)cc1. The number of aryl methyl sites for hydroxylation is 1. The molecule has 1 saturated heterocycles. The summed E-state index contributed by atoms with van der Waals surface area (Å²) < 4.78 is 10.6. The second kappa shape index (κ2) is 10.9. The molecule has 0 aliphatic carbocycles. The minimum Gasteiger partial charge on any atom is -0.497 e. The number of hydrogen-bond donors (Lipinski definition) is 1. The second-order valence-electron chi connectivity index (χ2n) is 8.49. The number of ether oxygens (including phenoxy) is 2. The van der Waals surface area contributed by atoms with Crippen LogP contribution >= 0.6 is 0 Å². The Bertz CT molecular complexity index is 1220. The fourth-order valence-electron chi connectivity index (χ4n) is 4.06. The van der Waals surface area contributed by atoms with Gasteiger partial charge in [0.15, 0.2) is 0 Å². The zero-order valence-corrected chi connectivity index (χ0v) is 20.6. The molecule has 1 N–H and O–H groups in total. The van der Waals surface area contributed by atoms with Crippen LogP contribution in [0.15, 0.2) is 72.8 Å². The van der Waals surface area contributed by atoms with Gasteiger partial charge >= 0.3 is 6.03 Å². The van der Waals surface area contributed by atoms with E-state index in [1.807, 2.05) is 38.1 Å². The van der Waals surface area contributed by atoms with Crippen LogP contribution in [0, 0.1) is 6.92 Å². The summed E-state index contributed by atoms with van der Waals surface area (Å²) in [7, 11) is 1.58. The maximum atomic E-state index is 13.5. The van der Waals surface area contributed by atoms with Crippen molar-refractivity contribution in [3.05, 3.63) is 83.9 Å². The quantitative estimate of drug-likeness (QED) is 0.440. The van der Waals surface area contributed by atoms with Crippen molar-refractivity contribution in [3.63, 3.8) is 0 Å². The largest absolute Gasteiger partial charge is 0.497 e. The lowest BCUT2D eigenvalue weighted by molar-refractivity contribution is -0.124. The van der Waals surface area contributed by atoms with Crippen LogP contribution in [0.5, 0.6) is 11.5 Å². The predicted molar refractivity (Wildman–Crippen MR) is 137 cm³/mol. The molecule has 8 nitrogen and oxygen atoms in total. The van der Waals surface area contributed by atoms with Gasteiger partial charge in [-0.3, -0.25) is 9.59 Å². The molecule has 4 rings (SSSR count). The molecule has 1 fully saturated rings. The number of imide groups is 1. The lowest BCUT2D eigenvalue weighted by atomic mass is 10.1. The van der Waals surface area contributed by atoms with E-state index in [9.17, 15) is 14.4 Å². The van der Waals surface area contributed by atoms with Crippen LogP contribution in [-0.4, -0.2) is 42.5 Å². The zero-order chi connectivity index (χ0) is 25.7. The Labute approximate surface area is 210 Å². The van der Waals surface area contributed by atoms with E-state index >= 15 is 0 Å². The van der Waals surface area contributed by atoms with Gasteiger partial charge in [-0.15, -0.1) is 0 Å². The third-order valence-corrected chi connectivity index (χ3v) is 5.95. The van der Waals surface area contributed by atoms with Crippen LogP contribution in [0.3, 0.4) is 0 Å².